The van der Waals surface area contributed by atoms with Gasteiger partial charge in [0.05, 0.1) is 12.1 Å². The molecule has 0 saturated carbocycles. The van der Waals surface area contributed by atoms with Crippen molar-refractivity contribution < 1.29 is 64.4 Å². The summed E-state index contributed by atoms with van der Waals surface area (Å²) in [6, 6.07) is 0. The summed E-state index contributed by atoms with van der Waals surface area (Å²) in [5, 5.41) is 32.1. The van der Waals surface area contributed by atoms with Gasteiger partial charge in [0.15, 0.2) is 0 Å². The molecule has 0 aromatic heterocycles. The maximum absolute atomic E-state index is 9.34. The summed E-state index contributed by atoms with van der Waals surface area (Å²) < 4.78 is 0. The van der Waals surface area contributed by atoms with Crippen LogP contribution in [0.1, 0.15) is 6.92 Å². The quantitative estimate of drug-likeness (QED) is 0.284. The van der Waals surface area contributed by atoms with Gasteiger partial charge in [-0.25, -0.2) is 9.59 Å². The van der Waals surface area contributed by atoms with Gasteiger partial charge >= 0.3 is 41.5 Å². The zero-order chi connectivity index (χ0) is 10.3. The van der Waals surface area contributed by atoms with Gasteiger partial charge in [0.2, 0.25) is 0 Å². The molecule has 0 heterocycles. The van der Waals surface area contributed by atoms with Crippen molar-refractivity contribution in [2.45, 2.75) is 13.0 Å². The minimum atomic E-state index is -1.82. The van der Waals surface area contributed by atoms with Crippen molar-refractivity contribution in [3.05, 3.63) is 0 Å². The van der Waals surface area contributed by atoms with Crippen LogP contribution in [0.25, 0.3) is 0 Å². The SMILES string of the molecule is CC(O)C(=O)[O-].O=C(O)C(=O)O.[Na+]. The predicted molar refractivity (Wildman–Crippen MR) is 32.0 cm³/mol. The molecule has 0 aliphatic heterocycles. The van der Waals surface area contributed by atoms with Gasteiger partial charge in [-0.2, -0.15) is 0 Å². The monoisotopic (exact) mass is 202 g/mol. The Balaban J connectivity index is -0.000000143. The van der Waals surface area contributed by atoms with E-state index in [4.69, 9.17) is 24.9 Å². The minimum Gasteiger partial charge on any atom is -0.547 e. The van der Waals surface area contributed by atoms with Gasteiger partial charge in [0.25, 0.3) is 0 Å². The number of carboxylic acids is 3. The number of carboxylic acid groups (broad SMARTS) is 3. The first kappa shape index (κ1) is 18.2. The van der Waals surface area contributed by atoms with Crippen LogP contribution < -0.4 is 34.7 Å². The molecule has 8 heteroatoms. The Labute approximate surface area is 95.3 Å². The molecule has 0 aromatic carbocycles. The molecule has 70 valence electrons. The second kappa shape index (κ2) is 9.46. The van der Waals surface area contributed by atoms with Crippen LogP contribution in [0, 0.1) is 0 Å². The van der Waals surface area contributed by atoms with Crippen molar-refractivity contribution in [1.82, 2.24) is 0 Å². The van der Waals surface area contributed by atoms with Crippen LogP contribution in [-0.2, 0) is 14.4 Å². The number of rotatable bonds is 1. The molecule has 1 atom stereocenters. The third-order valence-electron chi connectivity index (χ3n) is 0.524. The van der Waals surface area contributed by atoms with E-state index in [9.17, 15) is 9.90 Å². The number of aliphatic hydroxyl groups is 1. The molecule has 0 aliphatic carbocycles. The van der Waals surface area contributed by atoms with Crippen molar-refractivity contribution in [3.63, 3.8) is 0 Å². The van der Waals surface area contributed by atoms with Crippen molar-refractivity contribution >= 4 is 17.9 Å². The molecule has 0 radical (unpaired) electrons. The van der Waals surface area contributed by atoms with Crippen LogP contribution in [0.3, 0.4) is 0 Å². The zero-order valence-electron chi connectivity index (χ0n) is 7.05. The Kier molecular flexibility index (Phi) is 13.3. The Morgan fingerprint density at radius 3 is 1.31 bits per heavy atom. The molecular formula is C5H7NaO7. The molecule has 0 saturated heterocycles. The standard InChI is InChI=1S/C3H6O3.C2H2O4.Na/c1-2(4)3(5)6;3-1(4)2(5)6;/h2,4H,1H3,(H,5,6);(H,3,4)(H,5,6);/q;;+1/p-1. The van der Waals surface area contributed by atoms with Crippen molar-refractivity contribution in [1.29, 1.82) is 0 Å². The number of carbonyl (C=O) groups is 3. The van der Waals surface area contributed by atoms with Gasteiger partial charge in [0, 0.05) is 0 Å². The Bertz CT molecular complexity index is 175. The average Bonchev–Trinajstić information content (AvgIpc) is 1.88. The number of carbonyl (C=O) groups excluding carboxylic acids is 1. The third-order valence-corrected chi connectivity index (χ3v) is 0.524. The summed E-state index contributed by atoms with van der Waals surface area (Å²) in [6.45, 7) is 1.13. The van der Waals surface area contributed by atoms with Crippen molar-refractivity contribution in [3.8, 4) is 0 Å². The molecule has 0 rings (SSSR count). The van der Waals surface area contributed by atoms with E-state index in [1.54, 1.807) is 0 Å². The maximum Gasteiger partial charge on any atom is 1.00 e. The normalized spacial score (nSPS) is 9.69. The zero-order valence-corrected chi connectivity index (χ0v) is 9.05. The van der Waals surface area contributed by atoms with E-state index in [-0.39, 0.29) is 29.6 Å². The number of hydrogen-bond acceptors (Lipinski definition) is 5. The Morgan fingerprint density at radius 2 is 1.31 bits per heavy atom. The predicted octanol–water partition coefficient (Wildman–Crippen LogP) is -5.72. The van der Waals surface area contributed by atoms with Crippen molar-refractivity contribution in [2.75, 3.05) is 0 Å². The Hall–Kier alpha value is -0.630. The fourth-order valence-electron chi connectivity index (χ4n) is 0. The number of aliphatic hydroxyl groups excluding tert-OH is 1. The summed E-state index contributed by atoms with van der Waals surface area (Å²) in [4.78, 5) is 27.5. The molecule has 1 unspecified atom stereocenters. The molecule has 0 amide bonds. The van der Waals surface area contributed by atoms with E-state index in [0.717, 1.165) is 6.92 Å². The summed E-state index contributed by atoms with van der Waals surface area (Å²) in [5.74, 6) is -5.08. The fraction of sp³-hybridized carbons (Fsp3) is 0.400. The molecule has 13 heavy (non-hydrogen) atoms. The number of hydrogen-bond donors (Lipinski definition) is 3. The first-order chi connectivity index (χ1) is 5.29. The number of aliphatic carboxylic acids is 3. The molecule has 0 fully saturated rings. The minimum absolute atomic E-state index is 0. The van der Waals surface area contributed by atoms with Crippen molar-refractivity contribution in [2.24, 2.45) is 0 Å². The topological polar surface area (TPSA) is 135 Å². The molecule has 0 aromatic rings. The van der Waals surface area contributed by atoms with E-state index in [1.807, 2.05) is 0 Å². The van der Waals surface area contributed by atoms with Crippen LogP contribution in [-0.4, -0.2) is 39.3 Å². The van der Waals surface area contributed by atoms with Gasteiger partial charge in [-0.15, -0.1) is 0 Å². The fourth-order valence-corrected chi connectivity index (χ4v) is 0. The van der Waals surface area contributed by atoms with Crippen LogP contribution >= 0.6 is 0 Å². The van der Waals surface area contributed by atoms with Gasteiger partial charge in [0.1, 0.15) is 0 Å². The van der Waals surface area contributed by atoms with Crippen LogP contribution in [0.4, 0.5) is 0 Å². The molecule has 3 N–H and O–H groups in total. The molecule has 0 aliphatic rings. The van der Waals surface area contributed by atoms with E-state index in [1.165, 1.54) is 0 Å². The largest absolute Gasteiger partial charge is 1.00 e. The first-order valence-corrected chi connectivity index (χ1v) is 2.64. The Morgan fingerprint density at radius 1 is 1.15 bits per heavy atom. The third kappa shape index (κ3) is 18.4. The van der Waals surface area contributed by atoms with E-state index < -0.39 is 24.0 Å². The van der Waals surface area contributed by atoms with Crippen LogP contribution in [0.2, 0.25) is 0 Å². The van der Waals surface area contributed by atoms with Gasteiger partial charge in [-0.3, -0.25) is 0 Å². The van der Waals surface area contributed by atoms with Gasteiger partial charge in [-0.05, 0) is 6.92 Å². The van der Waals surface area contributed by atoms with E-state index in [0.29, 0.717) is 0 Å². The van der Waals surface area contributed by atoms with Crippen LogP contribution in [0.15, 0.2) is 0 Å². The smallest absolute Gasteiger partial charge is 0.547 e. The van der Waals surface area contributed by atoms with Gasteiger partial charge < -0.3 is 25.2 Å². The second-order valence-corrected chi connectivity index (χ2v) is 1.61. The first-order valence-electron chi connectivity index (χ1n) is 2.64. The molecular weight excluding hydrogens is 195 g/mol. The summed E-state index contributed by atoms with van der Waals surface area (Å²) >= 11 is 0. The second-order valence-electron chi connectivity index (χ2n) is 1.61. The maximum atomic E-state index is 9.34. The average molecular weight is 202 g/mol. The van der Waals surface area contributed by atoms with Gasteiger partial charge in [-0.1, -0.05) is 0 Å². The molecule has 7 nitrogen and oxygen atoms in total. The molecule has 0 spiro atoms. The summed E-state index contributed by atoms with van der Waals surface area (Å²) in [7, 11) is 0. The van der Waals surface area contributed by atoms with Crippen LogP contribution in [0.5, 0.6) is 0 Å². The molecule has 0 bridgehead atoms. The summed E-state index contributed by atoms with van der Waals surface area (Å²) in [5.41, 5.74) is 0. The van der Waals surface area contributed by atoms with E-state index in [2.05, 4.69) is 0 Å². The van der Waals surface area contributed by atoms with E-state index >= 15 is 0 Å². The summed E-state index contributed by atoms with van der Waals surface area (Å²) in [6.07, 6.45) is -1.34.